The minimum Gasteiger partial charge on any atom is -0.292 e. The molecule has 0 aliphatic rings. The second kappa shape index (κ2) is 4.57. The Hall–Kier alpha value is -1.85. The Bertz CT molecular complexity index is 502. The van der Waals surface area contributed by atoms with Crippen LogP contribution in [0, 0.1) is 5.41 Å². The lowest BCUT2D eigenvalue weighted by Crippen LogP contribution is -2.33. The highest BCUT2D eigenvalue weighted by Gasteiger charge is 2.08. The molecule has 17 heavy (non-hydrogen) atoms. The third kappa shape index (κ3) is 3.58. The molecule has 0 aromatic carbocycles. The van der Waals surface area contributed by atoms with Crippen molar-refractivity contribution in [1.82, 2.24) is 9.55 Å². The van der Waals surface area contributed by atoms with Crippen LogP contribution in [0.15, 0.2) is 20.8 Å². The van der Waals surface area contributed by atoms with Crippen molar-refractivity contribution in [1.29, 1.82) is 0 Å². The fourth-order valence-electron chi connectivity index (χ4n) is 1.04. The van der Waals surface area contributed by atoms with Crippen LogP contribution in [-0.2, 0) is 7.05 Å². The summed E-state index contributed by atoms with van der Waals surface area (Å²) in [7, 11) is 3.09. The van der Waals surface area contributed by atoms with Crippen LogP contribution in [0.5, 0.6) is 0 Å². The molecule has 1 heterocycles. The van der Waals surface area contributed by atoms with Gasteiger partial charge in [-0.15, -0.1) is 0 Å². The molecule has 0 saturated heterocycles. The van der Waals surface area contributed by atoms with Gasteiger partial charge < -0.3 is 0 Å². The van der Waals surface area contributed by atoms with Crippen molar-refractivity contribution in [2.24, 2.45) is 17.6 Å². The van der Waals surface area contributed by atoms with Crippen LogP contribution in [0.25, 0.3) is 0 Å². The molecule has 1 rings (SSSR count). The highest BCUT2D eigenvalue weighted by molar-refractivity contribution is 5.65. The smallest absolute Gasteiger partial charge is 0.292 e. The van der Waals surface area contributed by atoms with Gasteiger partial charge in [0.2, 0.25) is 0 Å². The molecule has 0 aliphatic carbocycles. The van der Waals surface area contributed by atoms with Gasteiger partial charge in [-0.3, -0.25) is 19.4 Å². The number of hydrogen-bond donors (Lipinski definition) is 1. The van der Waals surface area contributed by atoms with E-state index >= 15 is 0 Å². The summed E-state index contributed by atoms with van der Waals surface area (Å²) >= 11 is 0. The zero-order chi connectivity index (χ0) is 13.2. The first kappa shape index (κ1) is 13.2. The normalized spacial score (nSPS) is 12.1. The molecule has 0 atom stereocenters. The summed E-state index contributed by atoms with van der Waals surface area (Å²) in [5.41, 5.74) is -0.874. The number of hydrogen-bond acceptors (Lipinski definition) is 4. The van der Waals surface area contributed by atoms with E-state index in [1.807, 2.05) is 20.8 Å². The van der Waals surface area contributed by atoms with Crippen LogP contribution in [0.1, 0.15) is 20.8 Å². The van der Waals surface area contributed by atoms with Crippen molar-refractivity contribution in [3.05, 3.63) is 26.9 Å². The molecule has 0 spiro atoms. The van der Waals surface area contributed by atoms with Crippen molar-refractivity contribution < 1.29 is 0 Å². The number of nitrogens with one attached hydrogen (secondary N) is 1. The Morgan fingerprint density at radius 2 is 2.00 bits per heavy atom. The first-order chi connectivity index (χ1) is 7.70. The molecule has 0 unspecified atom stereocenters. The molecule has 0 aliphatic heterocycles. The fraction of sp³-hybridized carbons (Fsp3) is 0.545. The molecule has 0 fully saturated rings. The fourth-order valence-corrected chi connectivity index (χ4v) is 1.04. The second-order valence-electron chi connectivity index (χ2n) is 4.99. The topological polar surface area (TPSA) is 70.5 Å². The summed E-state index contributed by atoms with van der Waals surface area (Å²) in [6.07, 6.45) is 1.75. The average Bonchev–Trinajstić information content (AvgIpc) is 2.20. The predicted molar refractivity (Wildman–Crippen MR) is 68.7 cm³/mol. The van der Waals surface area contributed by atoms with E-state index in [9.17, 15) is 9.59 Å². The summed E-state index contributed by atoms with van der Waals surface area (Å²) in [5.74, 6) is 0.374. The van der Waals surface area contributed by atoms with Crippen LogP contribution >= 0.6 is 0 Å². The van der Waals surface area contributed by atoms with Gasteiger partial charge in [0.15, 0.2) is 0 Å². The van der Waals surface area contributed by atoms with Gasteiger partial charge in [-0.2, -0.15) is 5.10 Å². The molecule has 0 radical (unpaired) electrons. The zero-order valence-electron chi connectivity index (χ0n) is 10.8. The lowest BCUT2D eigenvalue weighted by atomic mass is 9.99. The van der Waals surface area contributed by atoms with E-state index in [2.05, 4.69) is 10.1 Å². The van der Waals surface area contributed by atoms with Crippen LogP contribution < -0.4 is 16.3 Å². The number of aromatic amines is 1. The number of nitrogens with zero attached hydrogens (tertiary/aromatic N) is 3. The molecule has 6 heteroatoms. The lowest BCUT2D eigenvalue weighted by molar-refractivity contribution is 0.603. The van der Waals surface area contributed by atoms with Crippen LogP contribution in [0.2, 0.25) is 0 Å². The molecular weight excluding hydrogens is 220 g/mol. The van der Waals surface area contributed by atoms with Crippen molar-refractivity contribution in [3.8, 4) is 0 Å². The maximum absolute atomic E-state index is 11.4. The zero-order valence-corrected chi connectivity index (χ0v) is 10.8. The molecule has 6 nitrogen and oxygen atoms in total. The number of hydrazone groups is 1. The van der Waals surface area contributed by atoms with E-state index in [0.717, 1.165) is 4.57 Å². The van der Waals surface area contributed by atoms with Gasteiger partial charge in [-0.25, -0.2) is 4.79 Å². The number of H-pyrrole nitrogens is 1. The lowest BCUT2D eigenvalue weighted by Gasteiger charge is -2.16. The van der Waals surface area contributed by atoms with Gasteiger partial charge in [0, 0.05) is 26.4 Å². The standard InChI is InChI=1S/C11H18N4O2/c1-11(2,3)7-12-15(5)8-6-9(16)14(4)10(17)13-8/h6-7H,1-5H3,(H,13,17)/b12-7+. The van der Waals surface area contributed by atoms with Crippen molar-refractivity contribution in [2.45, 2.75) is 20.8 Å². The highest BCUT2D eigenvalue weighted by Crippen LogP contribution is 2.10. The van der Waals surface area contributed by atoms with Gasteiger partial charge in [0.1, 0.15) is 5.82 Å². The van der Waals surface area contributed by atoms with E-state index in [1.165, 1.54) is 18.1 Å². The Kier molecular flexibility index (Phi) is 3.55. The maximum Gasteiger partial charge on any atom is 0.329 e. The number of rotatable bonds is 2. The Labute approximate surface area is 99.6 Å². The van der Waals surface area contributed by atoms with E-state index in [0.29, 0.717) is 5.82 Å². The summed E-state index contributed by atoms with van der Waals surface area (Å²) in [6.45, 7) is 6.03. The monoisotopic (exact) mass is 238 g/mol. The van der Waals surface area contributed by atoms with Gasteiger partial charge >= 0.3 is 5.69 Å². The second-order valence-corrected chi connectivity index (χ2v) is 4.99. The van der Waals surface area contributed by atoms with Gasteiger partial charge in [0.05, 0.1) is 0 Å². The molecule has 0 saturated carbocycles. The molecule has 94 valence electrons. The molecule has 1 aromatic heterocycles. The summed E-state index contributed by atoms with van der Waals surface area (Å²) in [4.78, 5) is 25.4. The molecule has 1 N–H and O–H groups in total. The molecule has 1 aromatic rings. The van der Waals surface area contributed by atoms with E-state index in [4.69, 9.17) is 0 Å². The number of aromatic nitrogens is 2. The Morgan fingerprint density at radius 1 is 1.41 bits per heavy atom. The van der Waals surface area contributed by atoms with Gasteiger partial charge in [-0.05, 0) is 5.41 Å². The van der Waals surface area contributed by atoms with Crippen molar-refractivity contribution in [3.63, 3.8) is 0 Å². The van der Waals surface area contributed by atoms with E-state index in [-0.39, 0.29) is 11.0 Å². The first-order valence-electron chi connectivity index (χ1n) is 5.30. The minimum atomic E-state index is -0.453. The van der Waals surface area contributed by atoms with Crippen LogP contribution in [-0.4, -0.2) is 22.8 Å². The third-order valence-electron chi connectivity index (χ3n) is 2.10. The first-order valence-corrected chi connectivity index (χ1v) is 5.30. The predicted octanol–water partition coefficient (Wildman–Crippen LogP) is 0.542. The van der Waals surface area contributed by atoms with Crippen LogP contribution in [0.3, 0.4) is 0 Å². The molecular formula is C11H18N4O2. The quantitative estimate of drug-likeness (QED) is 0.604. The van der Waals surface area contributed by atoms with Crippen molar-refractivity contribution in [2.75, 3.05) is 12.1 Å². The average molecular weight is 238 g/mol. The summed E-state index contributed by atoms with van der Waals surface area (Å²) < 4.78 is 1.00. The van der Waals surface area contributed by atoms with Gasteiger partial charge in [0.25, 0.3) is 5.56 Å². The Morgan fingerprint density at radius 3 is 2.47 bits per heavy atom. The van der Waals surface area contributed by atoms with E-state index in [1.54, 1.807) is 13.3 Å². The van der Waals surface area contributed by atoms with Crippen molar-refractivity contribution >= 4 is 12.0 Å². The van der Waals surface area contributed by atoms with Crippen LogP contribution in [0.4, 0.5) is 5.82 Å². The minimum absolute atomic E-state index is 0.0612. The largest absolute Gasteiger partial charge is 0.329 e. The molecule has 0 bridgehead atoms. The maximum atomic E-state index is 11.4. The Balaban J connectivity index is 3.07. The highest BCUT2D eigenvalue weighted by atomic mass is 16.2. The third-order valence-corrected chi connectivity index (χ3v) is 2.10. The van der Waals surface area contributed by atoms with Gasteiger partial charge in [-0.1, -0.05) is 20.8 Å². The molecule has 0 amide bonds. The number of anilines is 1. The van der Waals surface area contributed by atoms with E-state index < -0.39 is 5.69 Å². The summed E-state index contributed by atoms with van der Waals surface area (Å²) in [6, 6.07) is 1.33. The SMILES string of the molecule is CN(/N=C/C(C)(C)C)c1cc(=O)n(C)c(=O)[nH]1. The summed E-state index contributed by atoms with van der Waals surface area (Å²) in [5, 5.41) is 5.63.